The minimum absolute atomic E-state index is 0.226. The van der Waals surface area contributed by atoms with Gasteiger partial charge in [-0.05, 0) is 28.1 Å². The summed E-state index contributed by atoms with van der Waals surface area (Å²) < 4.78 is 5.67. The molecule has 0 unspecified atom stereocenters. The van der Waals surface area contributed by atoms with Crippen LogP contribution < -0.4 is 10.5 Å². The average Bonchev–Trinajstić information content (AvgIpc) is 2.04. The van der Waals surface area contributed by atoms with Crippen LogP contribution in [0.5, 0.6) is 5.75 Å². The molecule has 0 aromatic heterocycles. The number of amides is 1. The minimum Gasteiger partial charge on any atom is -0.494 e. The van der Waals surface area contributed by atoms with Crippen molar-refractivity contribution in [1.29, 1.82) is 0 Å². The Bertz CT molecular complexity index is 354. The normalized spacial score (nSPS) is 9.77. The predicted molar refractivity (Wildman–Crippen MR) is 54.2 cm³/mol. The van der Waals surface area contributed by atoms with Crippen molar-refractivity contribution in [2.24, 2.45) is 5.73 Å². The van der Waals surface area contributed by atoms with E-state index in [-0.39, 0.29) is 10.6 Å². The fourth-order valence-electron chi connectivity index (χ4n) is 0.910. The zero-order chi connectivity index (χ0) is 10.0. The van der Waals surface area contributed by atoms with Crippen molar-refractivity contribution in [2.75, 3.05) is 7.11 Å². The molecule has 1 aromatic carbocycles. The van der Waals surface area contributed by atoms with Gasteiger partial charge in [0.05, 0.1) is 22.2 Å². The molecule has 0 radical (unpaired) electrons. The van der Waals surface area contributed by atoms with Crippen molar-refractivity contribution in [3.05, 3.63) is 27.2 Å². The smallest absolute Gasteiger partial charge is 0.250 e. The zero-order valence-electron chi connectivity index (χ0n) is 6.80. The SMILES string of the molecule is COc1c(Br)ccc(C(N)=O)c1Cl. The molecule has 0 atom stereocenters. The van der Waals surface area contributed by atoms with Gasteiger partial charge in [0, 0.05) is 0 Å². The third-order valence-electron chi connectivity index (χ3n) is 1.52. The lowest BCUT2D eigenvalue weighted by molar-refractivity contribution is 0.1000. The second kappa shape index (κ2) is 3.98. The van der Waals surface area contributed by atoms with Crippen LogP contribution in [0.15, 0.2) is 16.6 Å². The van der Waals surface area contributed by atoms with Crippen molar-refractivity contribution in [3.63, 3.8) is 0 Å². The molecule has 0 aliphatic carbocycles. The summed E-state index contributed by atoms with van der Waals surface area (Å²) in [6.45, 7) is 0. The molecule has 5 heteroatoms. The molecule has 0 aliphatic heterocycles. The summed E-state index contributed by atoms with van der Waals surface area (Å²) in [5.41, 5.74) is 5.35. The van der Waals surface area contributed by atoms with Gasteiger partial charge >= 0.3 is 0 Å². The van der Waals surface area contributed by atoms with Crippen LogP contribution >= 0.6 is 27.5 Å². The van der Waals surface area contributed by atoms with Gasteiger partial charge in [0.1, 0.15) is 0 Å². The van der Waals surface area contributed by atoms with Crippen LogP contribution in [-0.4, -0.2) is 13.0 Å². The van der Waals surface area contributed by atoms with E-state index in [0.29, 0.717) is 10.2 Å². The van der Waals surface area contributed by atoms with Crippen molar-refractivity contribution in [2.45, 2.75) is 0 Å². The molecule has 0 heterocycles. The lowest BCUT2D eigenvalue weighted by Gasteiger charge is -2.07. The third-order valence-corrected chi connectivity index (χ3v) is 2.52. The lowest BCUT2D eigenvalue weighted by Crippen LogP contribution is -2.11. The van der Waals surface area contributed by atoms with E-state index in [9.17, 15) is 4.79 Å². The number of hydrogen-bond donors (Lipinski definition) is 1. The number of carbonyl (C=O) groups is 1. The first-order chi connectivity index (χ1) is 6.07. The molecule has 0 aliphatic rings. The van der Waals surface area contributed by atoms with Gasteiger partial charge in [-0.25, -0.2) is 0 Å². The molecule has 0 bridgehead atoms. The van der Waals surface area contributed by atoms with E-state index in [4.69, 9.17) is 22.1 Å². The highest BCUT2D eigenvalue weighted by molar-refractivity contribution is 9.10. The van der Waals surface area contributed by atoms with Crippen LogP contribution in [0.3, 0.4) is 0 Å². The lowest BCUT2D eigenvalue weighted by atomic mass is 10.2. The van der Waals surface area contributed by atoms with E-state index in [2.05, 4.69) is 15.9 Å². The average molecular weight is 265 g/mol. The monoisotopic (exact) mass is 263 g/mol. The number of primary amides is 1. The first-order valence-corrected chi connectivity index (χ1v) is 4.56. The maximum atomic E-state index is 10.9. The molecule has 3 nitrogen and oxygen atoms in total. The standard InChI is InChI=1S/C8H7BrClNO2/c1-13-7-5(9)3-2-4(6(7)10)8(11)12/h2-3H,1H3,(H2,11,12). The molecule has 1 aromatic rings. The summed E-state index contributed by atoms with van der Waals surface area (Å²) in [7, 11) is 1.47. The van der Waals surface area contributed by atoms with Gasteiger partial charge in [0.15, 0.2) is 5.75 Å². The van der Waals surface area contributed by atoms with Crippen molar-refractivity contribution in [3.8, 4) is 5.75 Å². The van der Waals surface area contributed by atoms with Crippen LogP contribution in [0.25, 0.3) is 0 Å². The Kier molecular flexibility index (Phi) is 3.17. The van der Waals surface area contributed by atoms with E-state index >= 15 is 0 Å². The largest absolute Gasteiger partial charge is 0.494 e. The van der Waals surface area contributed by atoms with E-state index in [1.54, 1.807) is 6.07 Å². The molecular formula is C8H7BrClNO2. The predicted octanol–water partition coefficient (Wildman–Crippen LogP) is 2.21. The molecule has 0 fully saturated rings. The Balaban J connectivity index is 3.35. The molecule has 1 rings (SSSR count). The molecular weight excluding hydrogens is 257 g/mol. The van der Waals surface area contributed by atoms with E-state index in [0.717, 1.165) is 0 Å². The maximum Gasteiger partial charge on any atom is 0.250 e. The number of benzene rings is 1. The van der Waals surface area contributed by atoms with Crippen LogP contribution in [0.1, 0.15) is 10.4 Å². The summed E-state index contributed by atoms with van der Waals surface area (Å²) in [6, 6.07) is 3.20. The fourth-order valence-corrected chi connectivity index (χ4v) is 1.85. The number of nitrogens with two attached hydrogens (primary N) is 1. The highest BCUT2D eigenvalue weighted by Gasteiger charge is 2.13. The molecule has 13 heavy (non-hydrogen) atoms. The Morgan fingerprint density at radius 2 is 2.23 bits per heavy atom. The first-order valence-electron chi connectivity index (χ1n) is 3.39. The van der Waals surface area contributed by atoms with Crippen LogP contribution in [0.4, 0.5) is 0 Å². The van der Waals surface area contributed by atoms with E-state index in [1.807, 2.05) is 0 Å². The van der Waals surface area contributed by atoms with Gasteiger partial charge < -0.3 is 10.5 Å². The number of rotatable bonds is 2. The number of carbonyl (C=O) groups excluding carboxylic acids is 1. The topological polar surface area (TPSA) is 52.3 Å². The van der Waals surface area contributed by atoms with Gasteiger partial charge in [-0.15, -0.1) is 0 Å². The minimum atomic E-state index is -0.573. The highest BCUT2D eigenvalue weighted by Crippen LogP contribution is 2.35. The van der Waals surface area contributed by atoms with Crippen LogP contribution in [-0.2, 0) is 0 Å². The molecule has 1 amide bonds. The molecule has 2 N–H and O–H groups in total. The van der Waals surface area contributed by atoms with Crippen LogP contribution in [0.2, 0.25) is 5.02 Å². The second-order valence-corrected chi connectivity index (χ2v) is 3.54. The number of ether oxygens (including phenoxy) is 1. The molecule has 0 saturated carbocycles. The zero-order valence-corrected chi connectivity index (χ0v) is 9.15. The Labute approximate surface area is 88.9 Å². The van der Waals surface area contributed by atoms with Gasteiger partial charge in [-0.2, -0.15) is 0 Å². The quantitative estimate of drug-likeness (QED) is 0.890. The molecule has 0 saturated heterocycles. The van der Waals surface area contributed by atoms with Crippen molar-refractivity contribution in [1.82, 2.24) is 0 Å². The Morgan fingerprint density at radius 1 is 1.62 bits per heavy atom. The van der Waals surface area contributed by atoms with Crippen molar-refractivity contribution >= 4 is 33.4 Å². The fraction of sp³-hybridized carbons (Fsp3) is 0.125. The summed E-state index contributed by atoms with van der Waals surface area (Å²) in [4.78, 5) is 10.9. The summed E-state index contributed by atoms with van der Waals surface area (Å²) in [5.74, 6) is -0.159. The summed E-state index contributed by atoms with van der Waals surface area (Å²) in [5, 5.41) is 0.226. The Morgan fingerprint density at radius 3 is 2.69 bits per heavy atom. The van der Waals surface area contributed by atoms with Gasteiger partial charge in [0.25, 0.3) is 0 Å². The summed E-state index contributed by atoms with van der Waals surface area (Å²) >= 11 is 9.08. The van der Waals surface area contributed by atoms with Crippen LogP contribution in [0, 0.1) is 0 Å². The first kappa shape index (κ1) is 10.3. The van der Waals surface area contributed by atoms with Gasteiger partial charge in [-0.3, -0.25) is 4.79 Å². The van der Waals surface area contributed by atoms with Crippen molar-refractivity contribution < 1.29 is 9.53 Å². The highest BCUT2D eigenvalue weighted by atomic mass is 79.9. The van der Waals surface area contributed by atoms with E-state index < -0.39 is 5.91 Å². The molecule has 70 valence electrons. The van der Waals surface area contributed by atoms with Gasteiger partial charge in [-0.1, -0.05) is 11.6 Å². The Hall–Kier alpha value is -0.740. The van der Waals surface area contributed by atoms with Gasteiger partial charge in [0.2, 0.25) is 5.91 Å². The number of methoxy groups -OCH3 is 1. The molecule has 0 spiro atoms. The second-order valence-electron chi connectivity index (χ2n) is 2.31. The van der Waals surface area contributed by atoms with E-state index in [1.165, 1.54) is 13.2 Å². The third kappa shape index (κ3) is 1.95. The maximum absolute atomic E-state index is 10.9. The summed E-state index contributed by atoms with van der Waals surface area (Å²) in [6.07, 6.45) is 0. The number of halogens is 2. The number of hydrogen-bond acceptors (Lipinski definition) is 2.